The molecule has 4 aromatic rings. The molecular weight excluding hydrogens is 382 g/mol. The Kier molecular flexibility index (Phi) is 5.37. The third kappa shape index (κ3) is 3.59. The van der Waals surface area contributed by atoms with E-state index in [4.69, 9.17) is 9.72 Å². The van der Waals surface area contributed by atoms with Crippen LogP contribution >= 0.6 is 0 Å². The van der Waals surface area contributed by atoms with Gasteiger partial charge in [-0.1, -0.05) is 6.07 Å². The van der Waals surface area contributed by atoms with Crippen molar-refractivity contribution in [2.75, 3.05) is 32.6 Å². The molecule has 0 aliphatic carbocycles. The maximum atomic E-state index is 12.1. The van der Waals surface area contributed by atoms with Gasteiger partial charge in [0.05, 0.1) is 35.5 Å². The molecule has 4 aromatic heterocycles. The van der Waals surface area contributed by atoms with E-state index in [-0.39, 0.29) is 12.5 Å². The number of rotatable bonds is 7. The van der Waals surface area contributed by atoms with Gasteiger partial charge < -0.3 is 24.5 Å². The van der Waals surface area contributed by atoms with Crippen LogP contribution in [0.25, 0.3) is 33.5 Å². The van der Waals surface area contributed by atoms with Crippen molar-refractivity contribution in [2.45, 2.75) is 13.5 Å². The highest BCUT2D eigenvalue weighted by Gasteiger charge is 2.16. The lowest BCUT2D eigenvalue weighted by Gasteiger charge is -2.16. The highest BCUT2D eigenvalue weighted by atomic mass is 16.5. The fourth-order valence-corrected chi connectivity index (χ4v) is 3.46. The number of carbonyl (C=O) groups is 1. The number of hydrogen-bond acceptors (Lipinski definition) is 6. The average molecular weight is 407 g/mol. The molecule has 0 radical (unpaired) electrons. The van der Waals surface area contributed by atoms with E-state index in [0.29, 0.717) is 13.2 Å². The number of aryl methyl sites for hydroxylation is 1. The predicted molar refractivity (Wildman–Crippen MR) is 116 cm³/mol. The number of H-pyrrole nitrogens is 1. The van der Waals surface area contributed by atoms with Gasteiger partial charge in [-0.15, -0.1) is 0 Å². The summed E-state index contributed by atoms with van der Waals surface area (Å²) < 4.78 is 7.19. The van der Waals surface area contributed by atoms with Crippen LogP contribution in [0.2, 0.25) is 0 Å². The zero-order chi connectivity index (χ0) is 21.3. The van der Waals surface area contributed by atoms with Gasteiger partial charge in [0.25, 0.3) is 0 Å². The molecule has 0 atom stereocenters. The SMILES string of the molecule is CCOCC(=O)N(C)Cc1cccc(-c2cc3c(nc(NC)c4ncn(C)c43)[nH]2)n1. The van der Waals surface area contributed by atoms with Crippen molar-refractivity contribution in [2.24, 2.45) is 7.05 Å². The zero-order valence-corrected chi connectivity index (χ0v) is 17.6. The van der Waals surface area contributed by atoms with Crippen LogP contribution in [-0.2, 0) is 23.1 Å². The second-order valence-corrected chi connectivity index (χ2v) is 7.11. The second-order valence-electron chi connectivity index (χ2n) is 7.11. The molecule has 0 unspecified atom stereocenters. The van der Waals surface area contributed by atoms with Crippen LogP contribution in [0.3, 0.4) is 0 Å². The van der Waals surface area contributed by atoms with Gasteiger partial charge in [-0.25, -0.2) is 15.0 Å². The standard InChI is InChI=1S/C21H25N7O2/c1-5-30-11-17(29)27(3)10-13-7-6-8-15(24-13)16-9-14-19-18(23-12-28(19)4)21(22-2)26-20(14)25-16/h6-9,12H,5,10-11H2,1-4H3,(H2,22,25,26). The number of ether oxygens (including phenoxy) is 1. The van der Waals surface area contributed by atoms with E-state index >= 15 is 0 Å². The van der Waals surface area contributed by atoms with E-state index in [1.54, 1.807) is 18.3 Å². The number of carbonyl (C=O) groups excluding carboxylic acids is 1. The Bertz CT molecular complexity index is 1210. The van der Waals surface area contributed by atoms with Gasteiger partial charge >= 0.3 is 0 Å². The van der Waals surface area contributed by atoms with Crippen molar-refractivity contribution < 1.29 is 9.53 Å². The molecule has 0 spiro atoms. The Morgan fingerprint density at radius 3 is 2.93 bits per heavy atom. The molecule has 9 nitrogen and oxygen atoms in total. The van der Waals surface area contributed by atoms with Gasteiger partial charge in [-0.05, 0) is 25.1 Å². The minimum atomic E-state index is -0.0722. The summed E-state index contributed by atoms with van der Waals surface area (Å²) in [4.78, 5) is 31.0. The van der Waals surface area contributed by atoms with E-state index < -0.39 is 0 Å². The molecule has 30 heavy (non-hydrogen) atoms. The number of likely N-dealkylation sites (N-methyl/N-ethyl adjacent to an activating group) is 1. The number of anilines is 1. The van der Waals surface area contributed by atoms with Crippen molar-refractivity contribution in [3.8, 4) is 11.4 Å². The van der Waals surface area contributed by atoms with Gasteiger partial charge in [0.2, 0.25) is 5.91 Å². The molecule has 0 bridgehead atoms. The van der Waals surface area contributed by atoms with Gasteiger partial charge in [0, 0.05) is 33.1 Å². The van der Waals surface area contributed by atoms with E-state index in [9.17, 15) is 4.79 Å². The van der Waals surface area contributed by atoms with E-state index in [1.165, 1.54) is 0 Å². The Morgan fingerprint density at radius 1 is 1.33 bits per heavy atom. The number of amides is 1. The summed E-state index contributed by atoms with van der Waals surface area (Å²) in [6.07, 6.45) is 1.78. The number of nitrogens with one attached hydrogen (secondary N) is 2. The van der Waals surface area contributed by atoms with Gasteiger partial charge in [-0.2, -0.15) is 0 Å². The first-order valence-electron chi connectivity index (χ1n) is 9.81. The zero-order valence-electron chi connectivity index (χ0n) is 17.6. The molecule has 9 heteroatoms. The first-order valence-corrected chi connectivity index (χ1v) is 9.81. The minimum absolute atomic E-state index is 0.0722. The lowest BCUT2D eigenvalue weighted by Crippen LogP contribution is -2.30. The van der Waals surface area contributed by atoms with E-state index in [1.807, 2.05) is 49.9 Å². The van der Waals surface area contributed by atoms with Crippen molar-refractivity contribution in [3.05, 3.63) is 36.3 Å². The molecule has 156 valence electrons. The number of hydrogen-bond donors (Lipinski definition) is 2. The summed E-state index contributed by atoms with van der Waals surface area (Å²) in [5.74, 6) is 0.653. The molecular formula is C21H25N7O2. The van der Waals surface area contributed by atoms with Crippen molar-refractivity contribution in [1.29, 1.82) is 0 Å². The molecule has 0 fully saturated rings. The highest BCUT2D eigenvalue weighted by Crippen LogP contribution is 2.31. The molecule has 1 amide bonds. The summed E-state index contributed by atoms with van der Waals surface area (Å²) in [6, 6.07) is 7.83. The molecule has 4 rings (SSSR count). The fourth-order valence-electron chi connectivity index (χ4n) is 3.46. The topological polar surface area (TPSA) is 101 Å². The van der Waals surface area contributed by atoms with Crippen molar-refractivity contribution >= 4 is 33.8 Å². The molecule has 0 aliphatic heterocycles. The molecule has 0 aromatic carbocycles. The summed E-state index contributed by atoms with van der Waals surface area (Å²) >= 11 is 0. The van der Waals surface area contributed by atoms with Crippen LogP contribution in [-0.4, -0.2) is 62.6 Å². The Labute approximate surface area is 174 Å². The number of aromatic amines is 1. The van der Waals surface area contributed by atoms with E-state index in [2.05, 4.69) is 20.3 Å². The Hall–Kier alpha value is -3.46. The number of fused-ring (bicyclic) bond motifs is 3. The fraction of sp³-hybridized carbons (Fsp3) is 0.333. The normalized spacial score (nSPS) is 11.3. The molecule has 0 aliphatic rings. The predicted octanol–water partition coefficient (Wildman–Crippen LogP) is 2.55. The third-order valence-corrected chi connectivity index (χ3v) is 5.01. The molecule has 4 heterocycles. The quantitative estimate of drug-likeness (QED) is 0.488. The van der Waals surface area contributed by atoms with Crippen LogP contribution < -0.4 is 5.32 Å². The molecule has 0 saturated heterocycles. The third-order valence-electron chi connectivity index (χ3n) is 5.01. The highest BCUT2D eigenvalue weighted by molar-refractivity contribution is 6.07. The first-order chi connectivity index (χ1) is 14.5. The molecule has 2 N–H and O–H groups in total. The number of pyridine rings is 2. The van der Waals surface area contributed by atoms with Crippen molar-refractivity contribution in [3.63, 3.8) is 0 Å². The lowest BCUT2D eigenvalue weighted by atomic mass is 10.2. The lowest BCUT2D eigenvalue weighted by molar-refractivity contribution is -0.135. The average Bonchev–Trinajstić information content (AvgIpc) is 3.35. The van der Waals surface area contributed by atoms with Gasteiger partial charge in [-0.3, -0.25) is 4.79 Å². The second kappa shape index (κ2) is 8.11. The van der Waals surface area contributed by atoms with Crippen molar-refractivity contribution in [1.82, 2.24) is 29.4 Å². The smallest absolute Gasteiger partial charge is 0.248 e. The maximum absolute atomic E-state index is 12.1. The van der Waals surface area contributed by atoms with Crippen LogP contribution in [0, 0.1) is 0 Å². The largest absolute Gasteiger partial charge is 0.372 e. The van der Waals surface area contributed by atoms with Gasteiger partial charge in [0.15, 0.2) is 5.82 Å². The Balaban J connectivity index is 1.68. The summed E-state index contributed by atoms with van der Waals surface area (Å²) in [6.45, 7) is 2.87. The number of nitrogens with zero attached hydrogens (tertiary/aromatic N) is 5. The summed E-state index contributed by atoms with van der Waals surface area (Å²) in [5, 5.41) is 4.09. The number of imidazole rings is 1. The number of aromatic nitrogens is 5. The van der Waals surface area contributed by atoms with Gasteiger partial charge in [0.1, 0.15) is 17.8 Å². The van der Waals surface area contributed by atoms with Crippen LogP contribution in [0.4, 0.5) is 5.82 Å². The monoisotopic (exact) mass is 407 g/mol. The van der Waals surface area contributed by atoms with E-state index in [0.717, 1.165) is 45.0 Å². The van der Waals surface area contributed by atoms with Crippen LogP contribution in [0.5, 0.6) is 0 Å². The van der Waals surface area contributed by atoms with Crippen LogP contribution in [0.15, 0.2) is 30.6 Å². The first kappa shape index (κ1) is 19.8. The minimum Gasteiger partial charge on any atom is -0.372 e. The summed E-state index contributed by atoms with van der Waals surface area (Å²) in [7, 11) is 5.55. The molecule has 0 saturated carbocycles. The summed E-state index contributed by atoms with van der Waals surface area (Å²) in [5.41, 5.74) is 5.05. The maximum Gasteiger partial charge on any atom is 0.248 e. The Morgan fingerprint density at radius 2 is 2.17 bits per heavy atom. The van der Waals surface area contributed by atoms with Crippen LogP contribution in [0.1, 0.15) is 12.6 Å².